The molecule has 1 unspecified atom stereocenters. The Morgan fingerprint density at radius 2 is 1.79 bits per heavy atom. The van der Waals surface area contributed by atoms with E-state index in [1.54, 1.807) is 0 Å². The number of piperidine rings is 1. The average molecular weight is 467 g/mol. The maximum atomic E-state index is 13.9. The summed E-state index contributed by atoms with van der Waals surface area (Å²) >= 11 is 0. The van der Waals surface area contributed by atoms with Gasteiger partial charge in [-0.2, -0.15) is 0 Å². The third kappa shape index (κ3) is 5.72. The molecule has 6 nitrogen and oxygen atoms in total. The zero-order chi connectivity index (χ0) is 24.0. The normalized spacial score (nSPS) is 19.5. The van der Waals surface area contributed by atoms with Crippen LogP contribution in [0.5, 0.6) is 0 Å². The minimum absolute atomic E-state index is 0.00338. The number of likely N-dealkylation sites (tertiary alicyclic amines) is 1. The number of amides is 2. The van der Waals surface area contributed by atoms with Crippen molar-refractivity contribution >= 4 is 22.8 Å². The van der Waals surface area contributed by atoms with Crippen LogP contribution in [0.15, 0.2) is 42.5 Å². The molecular formula is C28H38N2O4. The SMILES string of the molecule is CCCCOC(=O)NC1CCN(C(=O)C(c2ccc3ccccc3c2)C2(O)CCCCC2)CC1. The van der Waals surface area contributed by atoms with Gasteiger partial charge in [-0.1, -0.05) is 75.1 Å². The van der Waals surface area contributed by atoms with E-state index in [2.05, 4.69) is 36.5 Å². The van der Waals surface area contributed by atoms with Crippen molar-refractivity contribution < 1.29 is 19.4 Å². The minimum Gasteiger partial charge on any atom is -0.450 e. The van der Waals surface area contributed by atoms with E-state index in [1.165, 1.54) is 0 Å². The van der Waals surface area contributed by atoms with Gasteiger partial charge < -0.3 is 20.1 Å². The number of nitrogens with zero attached hydrogens (tertiary/aromatic N) is 1. The van der Waals surface area contributed by atoms with Gasteiger partial charge in [-0.15, -0.1) is 0 Å². The lowest BCUT2D eigenvalue weighted by molar-refractivity contribution is -0.142. The molecule has 2 amide bonds. The Bertz CT molecular complexity index is 977. The molecule has 6 heteroatoms. The molecule has 2 fully saturated rings. The Kier molecular flexibility index (Phi) is 8.09. The van der Waals surface area contributed by atoms with E-state index in [4.69, 9.17) is 4.74 Å². The Balaban J connectivity index is 1.47. The van der Waals surface area contributed by atoms with E-state index in [9.17, 15) is 14.7 Å². The lowest BCUT2D eigenvalue weighted by atomic mass is 9.71. The first kappa shape index (κ1) is 24.5. The molecule has 1 heterocycles. The Morgan fingerprint density at radius 3 is 2.50 bits per heavy atom. The number of fused-ring (bicyclic) bond motifs is 1. The van der Waals surface area contributed by atoms with Crippen LogP contribution in [0.25, 0.3) is 10.8 Å². The van der Waals surface area contributed by atoms with Crippen molar-refractivity contribution in [2.45, 2.75) is 82.3 Å². The van der Waals surface area contributed by atoms with Gasteiger partial charge in [-0.3, -0.25) is 4.79 Å². The molecular weight excluding hydrogens is 428 g/mol. The molecule has 184 valence electrons. The summed E-state index contributed by atoms with van der Waals surface area (Å²) < 4.78 is 5.22. The van der Waals surface area contributed by atoms with Crippen LogP contribution in [0.2, 0.25) is 0 Å². The third-order valence-electron chi connectivity index (χ3n) is 7.47. The summed E-state index contributed by atoms with van der Waals surface area (Å²) in [6.07, 6.45) is 7.15. The number of ether oxygens (including phenoxy) is 1. The fourth-order valence-corrected chi connectivity index (χ4v) is 5.47. The van der Waals surface area contributed by atoms with Crippen molar-refractivity contribution in [3.8, 4) is 0 Å². The van der Waals surface area contributed by atoms with Crippen molar-refractivity contribution in [1.82, 2.24) is 10.2 Å². The summed E-state index contributed by atoms with van der Waals surface area (Å²) in [5.41, 5.74) is -0.122. The Labute approximate surface area is 202 Å². The van der Waals surface area contributed by atoms with Crippen LogP contribution in [0, 0.1) is 0 Å². The first-order valence-corrected chi connectivity index (χ1v) is 12.9. The molecule has 2 aromatic rings. The largest absolute Gasteiger partial charge is 0.450 e. The van der Waals surface area contributed by atoms with Gasteiger partial charge in [0.1, 0.15) is 0 Å². The van der Waals surface area contributed by atoms with Gasteiger partial charge in [0, 0.05) is 19.1 Å². The molecule has 0 bridgehead atoms. The summed E-state index contributed by atoms with van der Waals surface area (Å²) in [5, 5.41) is 16.9. The molecule has 2 N–H and O–H groups in total. The van der Waals surface area contributed by atoms with E-state index in [0.717, 1.165) is 48.4 Å². The lowest BCUT2D eigenvalue weighted by Gasteiger charge is -2.42. The van der Waals surface area contributed by atoms with E-state index < -0.39 is 11.5 Å². The van der Waals surface area contributed by atoms with Crippen LogP contribution >= 0.6 is 0 Å². The standard InChI is InChI=1S/C28H38N2O4/c1-2-3-19-34-27(32)29-24-13-17-30(18-14-24)26(31)25(28(33)15-7-4-8-16-28)23-12-11-21-9-5-6-10-22(21)20-23/h5-6,9-12,20,24-25,33H,2-4,7-8,13-19H2,1H3,(H,29,32). The Morgan fingerprint density at radius 1 is 1.09 bits per heavy atom. The maximum Gasteiger partial charge on any atom is 0.407 e. The molecule has 0 spiro atoms. The maximum absolute atomic E-state index is 13.9. The molecule has 0 radical (unpaired) electrons. The van der Waals surface area contributed by atoms with Gasteiger partial charge in [0.2, 0.25) is 5.91 Å². The number of unbranched alkanes of at least 4 members (excludes halogenated alkanes) is 1. The molecule has 1 atom stereocenters. The zero-order valence-electron chi connectivity index (χ0n) is 20.3. The molecule has 2 aliphatic rings. The fourth-order valence-electron chi connectivity index (χ4n) is 5.47. The highest BCUT2D eigenvalue weighted by molar-refractivity contribution is 5.89. The molecule has 34 heavy (non-hydrogen) atoms. The average Bonchev–Trinajstić information content (AvgIpc) is 2.85. The summed E-state index contributed by atoms with van der Waals surface area (Å²) in [6.45, 7) is 3.63. The number of carbonyl (C=O) groups is 2. The van der Waals surface area contributed by atoms with Crippen LogP contribution in [0.4, 0.5) is 4.79 Å². The zero-order valence-corrected chi connectivity index (χ0v) is 20.3. The smallest absolute Gasteiger partial charge is 0.407 e. The number of hydrogen-bond acceptors (Lipinski definition) is 4. The van der Waals surface area contributed by atoms with Crippen LogP contribution in [-0.2, 0) is 9.53 Å². The molecule has 0 aromatic heterocycles. The van der Waals surface area contributed by atoms with Gasteiger partial charge in [0.15, 0.2) is 0 Å². The first-order chi connectivity index (χ1) is 16.5. The van der Waals surface area contributed by atoms with Crippen molar-refractivity contribution in [3.05, 3.63) is 48.0 Å². The number of benzene rings is 2. The number of alkyl carbamates (subject to hydrolysis) is 1. The predicted molar refractivity (Wildman–Crippen MR) is 134 cm³/mol. The third-order valence-corrected chi connectivity index (χ3v) is 7.47. The van der Waals surface area contributed by atoms with E-state index in [1.807, 2.05) is 23.1 Å². The van der Waals surface area contributed by atoms with Gasteiger partial charge in [0.25, 0.3) is 0 Å². The van der Waals surface area contributed by atoms with Crippen LogP contribution in [0.3, 0.4) is 0 Å². The first-order valence-electron chi connectivity index (χ1n) is 12.9. The highest BCUT2D eigenvalue weighted by Gasteiger charge is 2.45. The van der Waals surface area contributed by atoms with Crippen molar-refractivity contribution in [3.63, 3.8) is 0 Å². The van der Waals surface area contributed by atoms with Gasteiger partial charge in [0.05, 0.1) is 18.1 Å². The second kappa shape index (κ2) is 11.2. The fraction of sp³-hybridized carbons (Fsp3) is 0.571. The lowest BCUT2D eigenvalue weighted by Crippen LogP contribution is -2.52. The van der Waals surface area contributed by atoms with Crippen LogP contribution in [0.1, 0.15) is 76.2 Å². The molecule has 1 aliphatic heterocycles. The van der Waals surface area contributed by atoms with E-state index in [-0.39, 0.29) is 18.0 Å². The molecule has 1 saturated heterocycles. The van der Waals surface area contributed by atoms with E-state index in [0.29, 0.717) is 45.4 Å². The van der Waals surface area contributed by atoms with Crippen LogP contribution in [-0.4, -0.2) is 53.3 Å². The highest BCUT2D eigenvalue weighted by atomic mass is 16.5. The second-order valence-electron chi connectivity index (χ2n) is 9.94. The number of aliphatic hydroxyl groups is 1. The molecule has 4 rings (SSSR count). The second-order valence-corrected chi connectivity index (χ2v) is 9.94. The van der Waals surface area contributed by atoms with Crippen molar-refractivity contribution in [2.75, 3.05) is 19.7 Å². The van der Waals surface area contributed by atoms with Gasteiger partial charge in [-0.05, 0) is 48.4 Å². The minimum atomic E-state index is -1.02. The Hall–Kier alpha value is -2.60. The van der Waals surface area contributed by atoms with Gasteiger partial charge in [-0.25, -0.2) is 4.79 Å². The number of nitrogens with one attached hydrogen (secondary N) is 1. The topological polar surface area (TPSA) is 78.9 Å². The summed E-state index contributed by atoms with van der Waals surface area (Å²) in [6, 6.07) is 14.3. The van der Waals surface area contributed by atoms with Crippen molar-refractivity contribution in [2.24, 2.45) is 0 Å². The van der Waals surface area contributed by atoms with Crippen molar-refractivity contribution in [1.29, 1.82) is 0 Å². The summed E-state index contributed by atoms with van der Waals surface area (Å²) in [4.78, 5) is 27.8. The quantitative estimate of drug-likeness (QED) is 0.554. The molecule has 1 aliphatic carbocycles. The summed E-state index contributed by atoms with van der Waals surface area (Å²) in [5.74, 6) is -0.565. The summed E-state index contributed by atoms with van der Waals surface area (Å²) in [7, 11) is 0. The predicted octanol–water partition coefficient (Wildman–Crippen LogP) is 5.14. The molecule has 1 saturated carbocycles. The van der Waals surface area contributed by atoms with Gasteiger partial charge >= 0.3 is 6.09 Å². The molecule has 2 aromatic carbocycles. The number of carbonyl (C=O) groups excluding carboxylic acids is 2. The van der Waals surface area contributed by atoms with E-state index >= 15 is 0 Å². The van der Waals surface area contributed by atoms with Crippen LogP contribution < -0.4 is 5.32 Å². The number of hydrogen-bond donors (Lipinski definition) is 2. The monoisotopic (exact) mass is 466 g/mol. The number of rotatable bonds is 7. The highest BCUT2D eigenvalue weighted by Crippen LogP contribution is 2.42.